The Bertz CT molecular complexity index is 219. The first kappa shape index (κ1) is 9.95. The van der Waals surface area contributed by atoms with E-state index >= 15 is 0 Å². The summed E-state index contributed by atoms with van der Waals surface area (Å²) in [7, 11) is -2.83. The highest BCUT2D eigenvalue weighted by molar-refractivity contribution is 7.90. The van der Waals surface area contributed by atoms with E-state index in [9.17, 15) is 8.42 Å². The van der Waals surface area contributed by atoms with Crippen molar-refractivity contribution in [1.29, 1.82) is 0 Å². The van der Waals surface area contributed by atoms with Crippen LogP contribution in [0.1, 0.15) is 6.42 Å². The molecule has 1 heterocycles. The van der Waals surface area contributed by atoms with E-state index in [2.05, 4.69) is 5.32 Å². The highest BCUT2D eigenvalue weighted by atomic mass is 32.2. The quantitative estimate of drug-likeness (QED) is 0.651. The maximum atomic E-state index is 10.8. The maximum absolute atomic E-state index is 10.8. The standard InChI is InChI=1S/C7H15NO3S/c1-12(9,10)5-2-7-6-8-3-4-11-7/h7-8H,2-6H2,1H3. The van der Waals surface area contributed by atoms with Gasteiger partial charge in [0.1, 0.15) is 9.84 Å². The van der Waals surface area contributed by atoms with Crippen molar-refractivity contribution in [2.45, 2.75) is 12.5 Å². The van der Waals surface area contributed by atoms with Crippen molar-refractivity contribution in [2.24, 2.45) is 0 Å². The zero-order chi connectivity index (χ0) is 9.03. The molecule has 4 nitrogen and oxygen atoms in total. The summed E-state index contributed by atoms with van der Waals surface area (Å²) in [6.45, 7) is 2.33. The number of morpholine rings is 1. The average Bonchev–Trinajstić information content (AvgIpc) is 2.02. The molecule has 0 spiro atoms. The fourth-order valence-corrected chi connectivity index (χ4v) is 1.84. The van der Waals surface area contributed by atoms with E-state index < -0.39 is 9.84 Å². The molecule has 0 aliphatic carbocycles. The van der Waals surface area contributed by atoms with E-state index in [1.807, 2.05) is 0 Å². The minimum atomic E-state index is -2.83. The van der Waals surface area contributed by atoms with Gasteiger partial charge < -0.3 is 10.1 Å². The predicted molar refractivity (Wildman–Crippen MR) is 46.9 cm³/mol. The van der Waals surface area contributed by atoms with Gasteiger partial charge in [-0.1, -0.05) is 0 Å². The van der Waals surface area contributed by atoms with Crippen molar-refractivity contribution < 1.29 is 13.2 Å². The average molecular weight is 193 g/mol. The Morgan fingerprint density at radius 3 is 2.83 bits per heavy atom. The second kappa shape index (κ2) is 4.20. The molecule has 0 aromatic heterocycles. The summed E-state index contributed by atoms with van der Waals surface area (Å²) in [5.74, 6) is 0.222. The van der Waals surface area contributed by atoms with Crippen LogP contribution in [-0.4, -0.2) is 46.2 Å². The topological polar surface area (TPSA) is 55.4 Å². The van der Waals surface area contributed by atoms with Gasteiger partial charge >= 0.3 is 0 Å². The Kier molecular flexibility index (Phi) is 3.49. The molecule has 0 saturated carbocycles. The first-order chi connectivity index (χ1) is 5.58. The van der Waals surface area contributed by atoms with E-state index in [0.717, 1.165) is 13.1 Å². The molecule has 1 unspecified atom stereocenters. The van der Waals surface area contributed by atoms with Crippen LogP contribution in [0, 0.1) is 0 Å². The minimum absolute atomic E-state index is 0.0773. The highest BCUT2D eigenvalue weighted by Gasteiger charge is 2.15. The molecule has 0 aromatic rings. The molecular formula is C7H15NO3S. The smallest absolute Gasteiger partial charge is 0.147 e. The molecule has 1 atom stereocenters. The molecule has 0 bridgehead atoms. The molecular weight excluding hydrogens is 178 g/mol. The van der Waals surface area contributed by atoms with Crippen molar-refractivity contribution in [2.75, 3.05) is 31.7 Å². The Morgan fingerprint density at radius 1 is 1.58 bits per heavy atom. The first-order valence-corrected chi connectivity index (χ1v) is 6.14. The molecule has 1 saturated heterocycles. The summed E-state index contributed by atoms with van der Waals surface area (Å²) in [6, 6.07) is 0. The third-order valence-electron chi connectivity index (χ3n) is 1.82. The van der Waals surface area contributed by atoms with Gasteiger partial charge in [0.2, 0.25) is 0 Å². The van der Waals surface area contributed by atoms with Crippen LogP contribution in [0.2, 0.25) is 0 Å². The number of sulfone groups is 1. The molecule has 1 fully saturated rings. The van der Waals surface area contributed by atoms with Crippen LogP contribution >= 0.6 is 0 Å². The van der Waals surface area contributed by atoms with Gasteiger partial charge in [0.05, 0.1) is 18.5 Å². The third-order valence-corrected chi connectivity index (χ3v) is 2.79. The zero-order valence-electron chi connectivity index (χ0n) is 7.25. The van der Waals surface area contributed by atoms with Gasteiger partial charge in [-0.15, -0.1) is 0 Å². The van der Waals surface area contributed by atoms with Gasteiger partial charge in [0.15, 0.2) is 0 Å². The van der Waals surface area contributed by atoms with E-state index in [4.69, 9.17) is 4.74 Å². The lowest BCUT2D eigenvalue weighted by Gasteiger charge is -2.23. The molecule has 12 heavy (non-hydrogen) atoms. The van der Waals surface area contributed by atoms with Gasteiger partial charge in [0.25, 0.3) is 0 Å². The molecule has 0 amide bonds. The third kappa shape index (κ3) is 4.04. The maximum Gasteiger partial charge on any atom is 0.147 e. The zero-order valence-corrected chi connectivity index (χ0v) is 8.06. The Morgan fingerprint density at radius 2 is 2.33 bits per heavy atom. The van der Waals surface area contributed by atoms with Crippen LogP contribution in [0.25, 0.3) is 0 Å². The Balaban J connectivity index is 2.22. The summed E-state index contributed by atoms with van der Waals surface area (Å²) in [5.41, 5.74) is 0. The van der Waals surface area contributed by atoms with Crippen LogP contribution in [0.5, 0.6) is 0 Å². The van der Waals surface area contributed by atoms with Crippen molar-refractivity contribution in [3.05, 3.63) is 0 Å². The molecule has 1 aliphatic rings. The number of hydrogen-bond donors (Lipinski definition) is 1. The normalized spacial score (nSPS) is 25.6. The van der Waals surface area contributed by atoms with Crippen molar-refractivity contribution in [3.63, 3.8) is 0 Å². The summed E-state index contributed by atoms with van der Waals surface area (Å²) in [4.78, 5) is 0. The lowest BCUT2D eigenvalue weighted by molar-refractivity contribution is 0.0271. The van der Waals surface area contributed by atoms with Crippen molar-refractivity contribution in [3.8, 4) is 0 Å². The number of hydrogen-bond acceptors (Lipinski definition) is 4. The summed E-state index contributed by atoms with van der Waals surface area (Å²) < 4.78 is 26.9. The lowest BCUT2D eigenvalue weighted by atomic mass is 10.2. The molecule has 1 aliphatic heterocycles. The fraction of sp³-hybridized carbons (Fsp3) is 1.00. The second-order valence-corrected chi connectivity index (χ2v) is 5.38. The first-order valence-electron chi connectivity index (χ1n) is 4.08. The van der Waals surface area contributed by atoms with Gasteiger partial charge in [-0.25, -0.2) is 8.42 Å². The monoisotopic (exact) mass is 193 g/mol. The fourth-order valence-electron chi connectivity index (χ4n) is 1.15. The van der Waals surface area contributed by atoms with E-state index in [0.29, 0.717) is 13.0 Å². The second-order valence-electron chi connectivity index (χ2n) is 3.12. The summed E-state index contributed by atoms with van der Waals surface area (Å²) in [6.07, 6.45) is 1.93. The van der Waals surface area contributed by atoms with Crippen LogP contribution < -0.4 is 5.32 Å². The van der Waals surface area contributed by atoms with E-state index in [1.54, 1.807) is 0 Å². The predicted octanol–water partition coefficient (Wildman–Crippen LogP) is -0.590. The van der Waals surface area contributed by atoms with Crippen LogP contribution in [0.15, 0.2) is 0 Å². The molecule has 1 N–H and O–H groups in total. The highest BCUT2D eigenvalue weighted by Crippen LogP contribution is 2.02. The van der Waals surface area contributed by atoms with Crippen LogP contribution in [0.4, 0.5) is 0 Å². The number of nitrogens with one attached hydrogen (secondary N) is 1. The van der Waals surface area contributed by atoms with Crippen LogP contribution in [-0.2, 0) is 14.6 Å². The van der Waals surface area contributed by atoms with Crippen LogP contribution in [0.3, 0.4) is 0 Å². The summed E-state index contributed by atoms with van der Waals surface area (Å²) >= 11 is 0. The lowest BCUT2D eigenvalue weighted by Crippen LogP contribution is -2.39. The van der Waals surface area contributed by atoms with Gasteiger partial charge in [-0.2, -0.15) is 0 Å². The molecule has 1 rings (SSSR count). The molecule has 0 radical (unpaired) electrons. The number of ether oxygens (including phenoxy) is 1. The Hall–Kier alpha value is -0.130. The van der Waals surface area contributed by atoms with E-state index in [1.165, 1.54) is 6.26 Å². The molecule has 5 heteroatoms. The van der Waals surface area contributed by atoms with Gasteiger partial charge in [0, 0.05) is 19.3 Å². The number of rotatable bonds is 3. The van der Waals surface area contributed by atoms with Gasteiger partial charge in [-0.05, 0) is 6.42 Å². The molecule has 0 aromatic carbocycles. The van der Waals surface area contributed by atoms with Crippen molar-refractivity contribution in [1.82, 2.24) is 5.32 Å². The summed E-state index contributed by atoms with van der Waals surface area (Å²) in [5, 5.41) is 3.15. The molecule has 72 valence electrons. The Labute approximate surface area is 73.2 Å². The largest absolute Gasteiger partial charge is 0.376 e. The minimum Gasteiger partial charge on any atom is -0.376 e. The van der Waals surface area contributed by atoms with Crippen molar-refractivity contribution >= 4 is 9.84 Å². The van der Waals surface area contributed by atoms with E-state index in [-0.39, 0.29) is 11.9 Å². The van der Waals surface area contributed by atoms with Gasteiger partial charge in [-0.3, -0.25) is 0 Å². The SMILES string of the molecule is CS(=O)(=O)CCC1CNCCO1.